The first kappa shape index (κ1) is 17.6. The largest absolute Gasteiger partial charge is 0.253 e. The summed E-state index contributed by atoms with van der Waals surface area (Å²) in [6, 6.07) is 24.5. The average Bonchev–Trinajstić information content (AvgIpc) is 2.64. The lowest BCUT2D eigenvalue weighted by Crippen LogP contribution is -1.80. The van der Waals surface area contributed by atoms with Crippen molar-refractivity contribution in [3.8, 4) is 0 Å². The van der Waals surface area contributed by atoms with Gasteiger partial charge in [0, 0.05) is 22.2 Å². The van der Waals surface area contributed by atoms with Gasteiger partial charge < -0.3 is 0 Å². The first-order chi connectivity index (χ1) is 11.7. The van der Waals surface area contributed by atoms with Crippen LogP contribution in [-0.2, 0) is 0 Å². The van der Waals surface area contributed by atoms with Gasteiger partial charge in [-0.3, -0.25) is 9.97 Å². The van der Waals surface area contributed by atoms with Crippen LogP contribution in [0.5, 0.6) is 0 Å². The number of aromatic nitrogens is 2. The van der Waals surface area contributed by atoms with Crippen molar-refractivity contribution in [3.63, 3.8) is 0 Å². The number of fused-ring (bicyclic) bond motifs is 2. The van der Waals surface area contributed by atoms with Gasteiger partial charge in [0.25, 0.3) is 0 Å². The predicted octanol–water partition coefficient (Wildman–Crippen LogP) is 6.11. The van der Waals surface area contributed by atoms with Crippen molar-refractivity contribution in [2.45, 2.75) is 27.7 Å². The molecule has 0 aliphatic rings. The molecule has 4 rings (SSSR count). The van der Waals surface area contributed by atoms with E-state index < -0.39 is 0 Å². The molecule has 0 unspecified atom stereocenters. The maximum atomic E-state index is 4.38. The molecule has 0 spiro atoms. The summed E-state index contributed by atoms with van der Waals surface area (Å²) in [7, 11) is 0. The summed E-state index contributed by atoms with van der Waals surface area (Å²) >= 11 is 0. The first-order valence-corrected chi connectivity index (χ1v) is 8.37. The third-order valence-electron chi connectivity index (χ3n) is 3.48. The van der Waals surface area contributed by atoms with E-state index >= 15 is 0 Å². The highest BCUT2D eigenvalue weighted by molar-refractivity contribution is 5.78. The van der Waals surface area contributed by atoms with Gasteiger partial charge in [0.15, 0.2) is 0 Å². The Morgan fingerprint density at radius 3 is 1.29 bits per heavy atom. The number of benzene rings is 2. The smallest absolute Gasteiger partial charge is 0.0705 e. The van der Waals surface area contributed by atoms with E-state index in [9.17, 15) is 0 Å². The summed E-state index contributed by atoms with van der Waals surface area (Å²) in [5.41, 5.74) is 4.30. The fourth-order valence-electron chi connectivity index (χ4n) is 2.34. The number of nitrogens with zero attached hydrogens (tertiary/aromatic N) is 2. The topological polar surface area (TPSA) is 25.8 Å². The van der Waals surface area contributed by atoms with Gasteiger partial charge in [0.05, 0.1) is 11.0 Å². The zero-order valence-corrected chi connectivity index (χ0v) is 14.8. The zero-order chi connectivity index (χ0) is 17.4. The molecular formula is C22H24N2. The van der Waals surface area contributed by atoms with Crippen LogP contribution in [-0.4, -0.2) is 9.97 Å². The lowest BCUT2D eigenvalue weighted by molar-refractivity contribution is 1.26. The van der Waals surface area contributed by atoms with Crippen LogP contribution in [0.4, 0.5) is 0 Å². The highest BCUT2D eigenvalue weighted by atomic mass is 14.7. The molecule has 0 bridgehead atoms. The summed E-state index contributed by atoms with van der Waals surface area (Å²) < 4.78 is 0. The zero-order valence-electron chi connectivity index (χ0n) is 14.8. The molecule has 0 atom stereocenters. The normalized spacial score (nSPS) is 9.67. The molecule has 0 aliphatic carbocycles. The molecule has 24 heavy (non-hydrogen) atoms. The number of hydrogen-bond acceptors (Lipinski definition) is 2. The Morgan fingerprint density at radius 1 is 0.500 bits per heavy atom. The summed E-state index contributed by atoms with van der Waals surface area (Å²) in [6.07, 6.45) is 0. The van der Waals surface area contributed by atoms with E-state index in [0.29, 0.717) is 0 Å². The molecule has 2 heteroatoms. The molecule has 0 N–H and O–H groups in total. The van der Waals surface area contributed by atoms with Gasteiger partial charge in [-0.15, -0.1) is 0 Å². The van der Waals surface area contributed by atoms with E-state index in [1.54, 1.807) is 0 Å². The molecular weight excluding hydrogens is 292 g/mol. The molecule has 2 nitrogen and oxygen atoms in total. The maximum Gasteiger partial charge on any atom is 0.0705 e. The van der Waals surface area contributed by atoms with Crippen molar-refractivity contribution >= 4 is 21.8 Å². The van der Waals surface area contributed by atoms with Gasteiger partial charge in [-0.1, -0.05) is 62.4 Å². The third-order valence-corrected chi connectivity index (χ3v) is 3.48. The molecule has 0 aliphatic heterocycles. The number of para-hydroxylation sites is 2. The highest BCUT2D eigenvalue weighted by Gasteiger charge is 1.91. The Hall–Kier alpha value is -2.74. The molecule has 2 aromatic heterocycles. The number of hydrogen-bond donors (Lipinski definition) is 0. The minimum absolute atomic E-state index is 1.07. The molecule has 2 aromatic carbocycles. The Labute approximate surface area is 144 Å². The van der Waals surface area contributed by atoms with Crippen molar-refractivity contribution in [2.75, 3.05) is 0 Å². The van der Waals surface area contributed by atoms with Gasteiger partial charge in [0.1, 0.15) is 0 Å². The van der Waals surface area contributed by atoms with Gasteiger partial charge in [-0.05, 0) is 38.1 Å². The Balaban J connectivity index is 0.000000158. The Kier molecular flexibility index (Phi) is 6.44. The fourth-order valence-corrected chi connectivity index (χ4v) is 2.34. The minimum Gasteiger partial charge on any atom is -0.253 e. The van der Waals surface area contributed by atoms with Gasteiger partial charge >= 0.3 is 0 Å². The van der Waals surface area contributed by atoms with Crippen molar-refractivity contribution < 1.29 is 0 Å². The van der Waals surface area contributed by atoms with E-state index in [1.165, 1.54) is 10.8 Å². The summed E-state index contributed by atoms with van der Waals surface area (Å²) in [5, 5.41) is 2.41. The fraction of sp³-hybridized carbons (Fsp3) is 0.182. The Morgan fingerprint density at radius 2 is 0.875 bits per heavy atom. The molecule has 0 saturated heterocycles. The van der Waals surface area contributed by atoms with Crippen LogP contribution in [0.25, 0.3) is 21.8 Å². The first-order valence-electron chi connectivity index (χ1n) is 8.37. The number of rotatable bonds is 0. The van der Waals surface area contributed by atoms with Crippen molar-refractivity contribution in [1.29, 1.82) is 0 Å². The summed E-state index contributed by atoms with van der Waals surface area (Å²) in [4.78, 5) is 8.75. The second kappa shape index (κ2) is 8.78. The van der Waals surface area contributed by atoms with Gasteiger partial charge in [0.2, 0.25) is 0 Å². The minimum atomic E-state index is 1.07. The predicted molar refractivity (Wildman–Crippen MR) is 104 cm³/mol. The molecule has 2 heterocycles. The third kappa shape index (κ3) is 4.63. The summed E-state index contributed by atoms with van der Waals surface area (Å²) in [6.45, 7) is 8.01. The molecule has 122 valence electrons. The molecule has 4 aromatic rings. The standard InChI is InChI=1S/2C10H9N.C2H6/c2*1-8-6-7-9-4-2-3-5-10(9)11-8;1-2/h2*2-7H,1H3;1-2H3. The van der Waals surface area contributed by atoms with E-state index in [0.717, 1.165) is 22.4 Å². The van der Waals surface area contributed by atoms with E-state index in [-0.39, 0.29) is 0 Å². The molecule has 0 radical (unpaired) electrons. The lowest BCUT2D eigenvalue weighted by Gasteiger charge is -1.95. The lowest BCUT2D eigenvalue weighted by atomic mass is 10.2. The second-order valence-corrected chi connectivity index (χ2v) is 5.29. The summed E-state index contributed by atoms with van der Waals surface area (Å²) in [5.74, 6) is 0. The quantitative estimate of drug-likeness (QED) is 0.391. The van der Waals surface area contributed by atoms with Crippen molar-refractivity contribution in [3.05, 3.63) is 84.2 Å². The van der Waals surface area contributed by atoms with Crippen LogP contribution in [0, 0.1) is 13.8 Å². The number of aryl methyl sites for hydroxylation is 2. The van der Waals surface area contributed by atoms with Crippen molar-refractivity contribution in [2.24, 2.45) is 0 Å². The van der Waals surface area contributed by atoms with Crippen LogP contribution < -0.4 is 0 Å². The van der Waals surface area contributed by atoms with Gasteiger partial charge in [-0.2, -0.15) is 0 Å². The SMILES string of the molecule is CC.Cc1ccc2ccccc2n1.Cc1ccc2ccccc2n1. The molecule has 0 saturated carbocycles. The highest BCUT2D eigenvalue weighted by Crippen LogP contribution is 2.11. The average molecular weight is 316 g/mol. The van der Waals surface area contributed by atoms with Crippen LogP contribution in [0.2, 0.25) is 0 Å². The number of pyridine rings is 2. The van der Waals surface area contributed by atoms with Crippen LogP contribution in [0.15, 0.2) is 72.8 Å². The van der Waals surface area contributed by atoms with E-state index in [2.05, 4.69) is 34.2 Å². The van der Waals surface area contributed by atoms with Crippen LogP contribution in [0.1, 0.15) is 25.2 Å². The van der Waals surface area contributed by atoms with Crippen molar-refractivity contribution in [1.82, 2.24) is 9.97 Å². The van der Waals surface area contributed by atoms with Crippen LogP contribution >= 0.6 is 0 Å². The maximum absolute atomic E-state index is 4.38. The van der Waals surface area contributed by atoms with E-state index in [4.69, 9.17) is 0 Å². The molecule has 0 fully saturated rings. The van der Waals surface area contributed by atoms with E-state index in [1.807, 2.05) is 76.2 Å². The monoisotopic (exact) mass is 316 g/mol. The Bertz CT molecular complexity index is 836. The van der Waals surface area contributed by atoms with Crippen LogP contribution in [0.3, 0.4) is 0 Å². The van der Waals surface area contributed by atoms with Gasteiger partial charge in [-0.25, -0.2) is 0 Å². The second-order valence-electron chi connectivity index (χ2n) is 5.29. The molecule has 0 amide bonds.